The van der Waals surface area contributed by atoms with E-state index in [1.165, 1.54) is 0 Å². The first kappa shape index (κ1) is 13.7. The van der Waals surface area contributed by atoms with Gasteiger partial charge in [-0.1, -0.05) is 12.1 Å². The van der Waals surface area contributed by atoms with Crippen LogP contribution in [0.1, 0.15) is 25.3 Å². The van der Waals surface area contributed by atoms with Gasteiger partial charge in [-0.25, -0.2) is 0 Å². The number of benzene rings is 1. The Morgan fingerprint density at radius 1 is 1.47 bits per heavy atom. The van der Waals surface area contributed by atoms with Gasteiger partial charge in [0.25, 0.3) is 0 Å². The number of para-hydroxylation sites is 1. The predicted molar refractivity (Wildman–Crippen MR) is 67.1 cm³/mol. The van der Waals surface area contributed by atoms with Crippen molar-refractivity contribution in [1.29, 1.82) is 0 Å². The number of carbonyl (C=O) groups excluding carboxylic acids is 1. The third-order valence-electron chi connectivity index (χ3n) is 3.02. The van der Waals surface area contributed by atoms with Gasteiger partial charge in [-0.2, -0.15) is 13.2 Å². The molecule has 1 aliphatic rings. The summed E-state index contributed by atoms with van der Waals surface area (Å²) in [4.78, 5) is 11.3. The Hall–Kier alpha value is -1.72. The SMILES string of the molecule is CC1CCc2cccc(NC(=O)CC(F)(F)F)c2N1. The fourth-order valence-corrected chi connectivity index (χ4v) is 2.15. The minimum atomic E-state index is -4.49. The van der Waals surface area contributed by atoms with Crippen LogP contribution in [0.2, 0.25) is 0 Å². The summed E-state index contributed by atoms with van der Waals surface area (Å²) in [5.41, 5.74) is 2.16. The molecule has 1 unspecified atom stereocenters. The molecule has 0 spiro atoms. The molecular formula is C13H15F3N2O. The monoisotopic (exact) mass is 272 g/mol. The second kappa shape index (κ2) is 5.11. The van der Waals surface area contributed by atoms with E-state index in [0.717, 1.165) is 24.1 Å². The molecule has 104 valence electrons. The fourth-order valence-electron chi connectivity index (χ4n) is 2.15. The topological polar surface area (TPSA) is 41.1 Å². The van der Waals surface area contributed by atoms with Crippen LogP contribution in [0.15, 0.2) is 18.2 Å². The molecule has 2 rings (SSSR count). The van der Waals surface area contributed by atoms with Gasteiger partial charge in [0.2, 0.25) is 5.91 Å². The molecule has 0 aromatic heterocycles. The first-order valence-electron chi connectivity index (χ1n) is 6.10. The molecule has 1 aliphatic heterocycles. The van der Waals surface area contributed by atoms with Gasteiger partial charge in [-0.05, 0) is 31.4 Å². The van der Waals surface area contributed by atoms with Crippen molar-refractivity contribution < 1.29 is 18.0 Å². The normalized spacial score (nSPS) is 18.4. The first-order valence-corrected chi connectivity index (χ1v) is 6.10. The van der Waals surface area contributed by atoms with Gasteiger partial charge in [0.15, 0.2) is 0 Å². The highest BCUT2D eigenvalue weighted by Crippen LogP contribution is 2.32. The number of nitrogens with one attached hydrogen (secondary N) is 2. The summed E-state index contributed by atoms with van der Waals surface area (Å²) in [5.74, 6) is -1.04. The maximum absolute atomic E-state index is 12.1. The second-order valence-electron chi connectivity index (χ2n) is 4.76. The number of carbonyl (C=O) groups is 1. The molecule has 1 heterocycles. The minimum absolute atomic E-state index is 0.244. The predicted octanol–water partition coefficient (Wildman–Crippen LogP) is 3.32. The van der Waals surface area contributed by atoms with Gasteiger partial charge in [0, 0.05) is 6.04 Å². The van der Waals surface area contributed by atoms with Crippen LogP contribution < -0.4 is 10.6 Å². The van der Waals surface area contributed by atoms with Crippen molar-refractivity contribution in [2.75, 3.05) is 10.6 Å². The lowest BCUT2D eigenvalue weighted by atomic mass is 9.98. The van der Waals surface area contributed by atoms with Crippen LogP contribution in [-0.4, -0.2) is 18.1 Å². The van der Waals surface area contributed by atoms with E-state index in [1.807, 2.05) is 13.0 Å². The Morgan fingerprint density at radius 2 is 2.21 bits per heavy atom. The van der Waals surface area contributed by atoms with Crippen molar-refractivity contribution in [1.82, 2.24) is 0 Å². The summed E-state index contributed by atoms with van der Waals surface area (Å²) in [6.07, 6.45) is -4.13. The lowest BCUT2D eigenvalue weighted by Gasteiger charge is -2.26. The number of rotatable bonds is 2. The lowest BCUT2D eigenvalue weighted by molar-refractivity contribution is -0.150. The summed E-state index contributed by atoms with van der Waals surface area (Å²) in [6.45, 7) is 2.00. The average Bonchev–Trinajstić information content (AvgIpc) is 2.27. The number of alkyl halides is 3. The van der Waals surface area contributed by atoms with Crippen molar-refractivity contribution in [2.24, 2.45) is 0 Å². The number of aryl methyl sites for hydroxylation is 1. The van der Waals surface area contributed by atoms with Crippen LogP contribution in [-0.2, 0) is 11.2 Å². The van der Waals surface area contributed by atoms with Gasteiger partial charge in [0.1, 0.15) is 6.42 Å². The lowest BCUT2D eigenvalue weighted by Crippen LogP contribution is -2.25. The standard InChI is InChI=1S/C13H15F3N2O/c1-8-5-6-9-3-2-4-10(12(9)17-8)18-11(19)7-13(14,15)16/h2-4,8,17H,5-7H2,1H3,(H,18,19). The van der Waals surface area contributed by atoms with E-state index in [0.29, 0.717) is 5.69 Å². The van der Waals surface area contributed by atoms with E-state index in [1.54, 1.807) is 12.1 Å². The quantitative estimate of drug-likeness (QED) is 0.867. The van der Waals surface area contributed by atoms with E-state index >= 15 is 0 Å². The summed E-state index contributed by atoms with van der Waals surface area (Å²) >= 11 is 0. The highest BCUT2D eigenvalue weighted by Gasteiger charge is 2.31. The van der Waals surface area contributed by atoms with Crippen LogP contribution in [0.3, 0.4) is 0 Å². The van der Waals surface area contributed by atoms with Gasteiger partial charge in [-0.3, -0.25) is 4.79 Å². The van der Waals surface area contributed by atoms with E-state index in [-0.39, 0.29) is 6.04 Å². The number of fused-ring (bicyclic) bond motifs is 1. The first-order chi connectivity index (χ1) is 8.85. The van der Waals surface area contributed by atoms with Crippen LogP contribution in [0, 0.1) is 0 Å². The molecule has 1 atom stereocenters. The summed E-state index contributed by atoms with van der Waals surface area (Å²) in [6, 6.07) is 5.50. The third-order valence-corrected chi connectivity index (χ3v) is 3.02. The van der Waals surface area contributed by atoms with Gasteiger partial charge >= 0.3 is 6.18 Å². The second-order valence-corrected chi connectivity index (χ2v) is 4.76. The van der Waals surface area contributed by atoms with Crippen molar-refractivity contribution >= 4 is 17.3 Å². The fraction of sp³-hybridized carbons (Fsp3) is 0.462. The van der Waals surface area contributed by atoms with Gasteiger partial charge in [-0.15, -0.1) is 0 Å². The minimum Gasteiger partial charge on any atom is -0.381 e. The summed E-state index contributed by atoms with van der Waals surface area (Å²) in [7, 11) is 0. The molecule has 3 nitrogen and oxygen atoms in total. The number of anilines is 2. The highest BCUT2D eigenvalue weighted by atomic mass is 19.4. The Labute approximate surface area is 109 Å². The molecule has 2 N–H and O–H groups in total. The van der Waals surface area contributed by atoms with E-state index < -0.39 is 18.5 Å². The summed E-state index contributed by atoms with van der Waals surface area (Å²) in [5, 5.41) is 5.53. The molecular weight excluding hydrogens is 257 g/mol. The largest absolute Gasteiger partial charge is 0.397 e. The molecule has 0 fully saturated rings. The van der Waals surface area contributed by atoms with Crippen LogP contribution >= 0.6 is 0 Å². The molecule has 19 heavy (non-hydrogen) atoms. The number of amides is 1. The van der Waals surface area contributed by atoms with Crippen molar-refractivity contribution in [3.05, 3.63) is 23.8 Å². The van der Waals surface area contributed by atoms with E-state index in [4.69, 9.17) is 0 Å². The molecule has 0 saturated heterocycles. The van der Waals surface area contributed by atoms with Crippen LogP contribution in [0.5, 0.6) is 0 Å². The molecule has 1 aromatic carbocycles. The molecule has 6 heteroatoms. The number of hydrogen-bond donors (Lipinski definition) is 2. The average molecular weight is 272 g/mol. The zero-order chi connectivity index (χ0) is 14.0. The maximum Gasteiger partial charge on any atom is 0.397 e. The van der Waals surface area contributed by atoms with Gasteiger partial charge < -0.3 is 10.6 Å². The van der Waals surface area contributed by atoms with E-state index in [9.17, 15) is 18.0 Å². The van der Waals surface area contributed by atoms with Crippen molar-refractivity contribution in [3.8, 4) is 0 Å². The Morgan fingerprint density at radius 3 is 2.89 bits per heavy atom. The molecule has 0 saturated carbocycles. The Kier molecular flexibility index (Phi) is 3.68. The summed E-state index contributed by atoms with van der Waals surface area (Å²) < 4.78 is 36.4. The molecule has 0 bridgehead atoms. The molecule has 0 aliphatic carbocycles. The maximum atomic E-state index is 12.1. The number of halogens is 3. The van der Waals surface area contributed by atoms with Crippen molar-refractivity contribution in [3.63, 3.8) is 0 Å². The van der Waals surface area contributed by atoms with Gasteiger partial charge in [0.05, 0.1) is 11.4 Å². The number of hydrogen-bond acceptors (Lipinski definition) is 2. The zero-order valence-corrected chi connectivity index (χ0v) is 10.5. The highest BCUT2D eigenvalue weighted by molar-refractivity contribution is 5.95. The van der Waals surface area contributed by atoms with Crippen LogP contribution in [0.25, 0.3) is 0 Å². The zero-order valence-electron chi connectivity index (χ0n) is 10.5. The third kappa shape index (κ3) is 3.62. The molecule has 0 radical (unpaired) electrons. The van der Waals surface area contributed by atoms with E-state index in [2.05, 4.69) is 10.6 Å². The van der Waals surface area contributed by atoms with Crippen molar-refractivity contribution in [2.45, 2.75) is 38.4 Å². The Balaban J connectivity index is 2.15. The smallest absolute Gasteiger partial charge is 0.381 e. The Bertz CT molecular complexity index is 485. The van der Waals surface area contributed by atoms with Crippen LogP contribution in [0.4, 0.5) is 24.5 Å². The molecule has 1 aromatic rings. The molecule has 1 amide bonds.